The number of amides is 1. The van der Waals surface area contributed by atoms with Crippen LogP contribution in [0.25, 0.3) is 5.78 Å². The zero-order valence-corrected chi connectivity index (χ0v) is 10.6. The third kappa shape index (κ3) is 2.86. The molecule has 2 N–H and O–H groups in total. The Balaban J connectivity index is 2.07. The Kier molecular flexibility index (Phi) is 3.93. The maximum Gasteiger partial charge on any atom is 0.255 e. The smallest absolute Gasteiger partial charge is 0.255 e. The molecule has 0 aromatic carbocycles. The number of carbonyl (C=O) groups is 1. The van der Waals surface area contributed by atoms with Crippen molar-refractivity contribution in [3.05, 3.63) is 17.5 Å². The molecule has 0 bridgehead atoms. The number of nitrogens with one attached hydrogen (secondary N) is 2. The predicted molar refractivity (Wildman–Crippen MR) is 67.6 cm³/mol. The van der Waals surface area contributed by atoms with Crippen LogP contribution in [0, 0.1) is 0 Å². The van der Waals surface area contributed by atoms with Gasteiger partial charge in [-0.25, -0.2) is 0 Å². The molecule has 8 heteroatoms. The Morgan fingerprint density at radius 2 is 2.39 bits per heavy atom. The Bertz CT molecular complexity index is 554. The van der Waals surface area contributed by atoms with Crippen molar-refractivity contribution in [3.63, 3.8) is 0 Å². The number of hydrogen-bond acceptors (Lipinski definition) is 5. The van der Waals surface area contributed by atoms with Gasteiger partial charge in [-0.15, -0.1) is 0 Å². The fraction of sp³-hybridized carbons (Fsp3) is 0.400. The van der Waals surface area contributed by atoms with E-state index >= 15 is 0 Å². The summed E-state index contributed by atoms with van der Waals surface area (Å²) in [6, 6.07) is 1.59. The molecule has 0 radical (unpaired) electrons. The lowest BCUT2D eigenvalue weighted by Gasteiger charge is -2.08. The molecule has 96 valence electrons. The van der Waals surface area contributed by atoms with Crippen LogP contribution in [-0.4, -0.2) is 38.6 Å². The normalized spacial score (nSPS) is 10.6. The Morgan fingerprint density at radius 3 is 3.17 bits per heavy atom. The minimum atomic E-state index is -0.0851. The van der Waals surface area contributed by atoms with Crippen molar-refractivity contribution in [3.8, 4) is 0 Å². The van der Waals surface area contributed by atoms with E-state index in [0.717, 1.165) is 6.42 Å². The molecule has 18 heavy (non-hydrogen) atoms. The van der Waals surface area contributed by atoms with Gasteiger partial charge in [0.15, 0.2) is 0 Å². The summed E-state index contributed by atoms with van der Waals surface area (Å²) >= 11 is 5.85. The highest BCUT2D eigenvalue weighted by atomic mass is 35.5. The van der Waals surface area contributed by atoms with Gasteiger partial charge < -0.3 is 10.6 Å². The van der Waals surface area contributed by atoms with Crippen LogP contribution in [0.2, 0.25) is 5.15 Å². The van der Waals surface area contributed by atoms with Gasteiger partial charge in [-0.3, -0.25) is 4.79 Å². The second-order valence-electron chi connectivity index (χ2n) is 3.64. The zero-order chi connectivity index (χ0) is 13.0. The van der Waals surface area contributed by atoms with E-state index in [2.05, 4.69) is 25.7 Å². The Hall–Kier alpha value is -1.89. The number of anilines is 1. The topological polar surface area (TPSA) is 84.2 Å². The summed E-state index contributed by atoms with van der Waals surface area (Å²) in [7, 11) is 0. The third-order valence-electron chi connectivity index (χ3n) is 2.22. The molecule has 2 rings (SSSR count). The molecule has 2 heterocycles. The van der Waals surface area contributed by atoms with E-state index < -0.39 is 0 Å². The Morgan fingerprint density at radius 1 is 1.56 bits per heavy atom. The minimum absolute atomic E-state index is 0.0851. The van der Waals surface area contributed by atoms with Crippen molar-refractivity contribution in [2.24, 2.45) is 0 Å². The van der Waals surface area contributed by atoms with Gasteiger partial charge in [-0.2, -0.15) is 19.6 Å². The van der Waals surface area contributed by atoms with E-state index in [0.29, 0.717) is 23.3 Å². The number of hydrogen-bond donors (Lipinski definition) is 2. The lowest BCUT2D eigenvalue weighted by atomic mass is 10.4. The van der Waals surface area contributed by atoms with Gasteiger partial charge >= 0.3 is 0 Å². The van der Waals surface area contributed by atoms with Crippen molar-refractivity contribution in [1.82, 2.24) is 24.9 Å². The standard InChI is InChI=1S/C10H13ClN6O/c1-2-3-12-9(18)5-13-8-4-7(11)16-10-14-6-15-17(8)10/h4,6,13H,2-3,5H2,1H3,(H,12,18). The summed E-state index contributed by atoms with van der Waals surface area (Å²) < 4.78 is 1.49. The number of nitrogens with zero attached hydrogens (tertiary/aromatic N) is 4. The van der Waals surface area contributed by atoms with Crippen LogP contribution >= 0.6 is 11.6 Å². The molecule has 2 aromatic rings. The summed E-state index contributed by atoms with van der Waals surface area (Å²) in [5, 5.41) is 10.00. The monoisotopic (exact) mass is 268 g/mol. The molecule has 7 nitrogen and oxygen atoms in total. The fourth-order valence-electron chi connectivity index (χ4n) is 1.41. The number of carbonyl (C=O) groups excluding carboxylic acids is 1. The Labute approximate surface area is 109 Å². The van der Waals surface area contributed by atoms with Crippen molar-refractivity contribution >= 4 is 29.1 Å². The lowest BCUT2D eigenvalue weighted by molar-refractivity contribution is -0.119. The molecule has 0 aliphatic carbocycles. The highest BCUT2D eigenvalue weighted by Gasteiger charge is 2.07. The predicted octanol–water partition coefficient (Wildman–Crippen LogP) is 0.716. The molecule has 0 aliphatic rings. The first kappa shape index (κ1) is 12.6. The van der Waals surface area contributed by atoms with Gasteiger partial charge in [-0.1, -0.05) is 18.5 Å². The van der Waals surface area contributed by atoms with Crippen molar-refractivity contribution in [1.29, 1.82) is 0 Å². The molecular formula is C10H13ClN6O. The third-order valence-corrected chi connectivity index (χ3v) is 2.42. The van der Waals surface area contributed by atoms with Crippen molar-refractivity contribution < 1.29 is 4.79 Å². The highest BCUT2D eigenvalue weighted by molar-refractivity contribution is 6.29. The molecule has 2 aromatic heterocycles. The van der Waals surface area contributed by atoms with E-state index in [9.17, 15) is 4.79 Å². The van der Waals surface area contributed by atoms with Crippen LogP contribution < -0.4 is 10.6 Å². The van der Waals surface area contributed by atoms with Crippen LogP contribution in [0.4, 0.5) is 5.82 Å². The van der Waals surface area contributed by atoms with E-state index in [1.807, 2.05) is 6.92 Å². The van der Waals surface area contributed by atoms with Crippen LogP contribution in [0.1, 0.15) is 13.3 Å². The van der Waals surface area contributed by atoms with E-state index in [1.54, 1.807) is 6.07 Å². The molecule has 1 amide bonds. The summed E-state index contributed by atoms with van der Waals surface area (Å²) in [5.41, 5.74) is 0. The molecule has 0 saturated carbocycles. The van der Waals surface area contributed by atoms with Gasteiger partial charge in [-0.05, 0) is 6.42 Å². The van der Waals surface area contributed by atoms with Gasteiger partial charge in [0.1, 0.15) is 17.3 Å². The maximum absolute atomic E-state index is 11.5. The molecule has 0 saturated heterocycles. The van der Waals surface area contributed by atoms with E-state index in [-0.39, 0.29) is 12.5 Å². The van der Waals surface area contributed by atoms with Gasteiger partial charge in [0, 0.05) is 12.6 Å². The number of rotatable bonds is 5. The van der Waals surface area contributed by atoms with Crippen LogP contribution in [-0.2, 0) is 4.79 Å². The maximum atomic E-state index is 11.5. The van der Waals surface area contributed by atoms with Crippen LogP contribution in [0.3, 0.4) is 0 Å². The zero-order valence-electron chi connectivity index (χ0n) is 9.85. The molecule has 0 fully saturated rings. The van der Waals surface area contributed by atoms with Crippen LogP contribution in [0.5, 0.6) is 0 Å². The molecule has 0 spiro atoms. The van der Waals surface area contributed by atoms with Gasteiger partial charge in [0.2, 0.25) is 5.91 Å². The van der Waals surface area contributed by atoms with Crippen LogP contribution in [0.15, 0.2) is 12.4 Å². The minimum Gasteiger partial charge on any atom is -0.361 e. The SMILES string of the molecule is CCCNC(=O)CNc1cc(Cl)nc2ncnn12. The van der Waals surface area contributed by atoms with Crippen molar-refractivity contribution in [2.75, 3.05) is 18.4 Å². The lowest BCUT2D eigenvalue weighted by Crippen LogP contribution is -2.30. The first-order chi connectivity index (χ1) is 8.70. The molecular weight excluding hydrogens is 256 g/mol. The second kappa shape index (κ2) is 5.63. The highest BCUT2D eigenvalue weighted by Crippen LogP contribution is 2.13. The van der Waals surface area contributed by atoms with E-state index in [4.69, 9.17) is 11.6 Å². The largest absolute Gasteiger partial charge is 0.361 e. The van der Waals surface area contributed by atoms with Crippen molar-refractivity contribution in [2.45, 2.75) is 13.3 Å². The first-order valence-electron chi connectivity index (χ1n) is 5.57. The second-order valence-corrected chi connectivity index (χ2v) is 4.03. The summed E-state index contributed by atoms with van der Waals surface area (Å²) in [6.45, 7) is 2.81. The number of fused-ring (bicyclic) bond motifs is 1. The molecule has 0 aliphatic heterocycles. The first-order valence-corrected chi connectivity index (χ1v) is 5.95. The summed E-state index contributed by atoms with van der Waals surface area (Å²) in [4.78, 5) is 19.4. The molecule has 0 unspecified atom stereocenters. The fourth-order valence-corrected chi connectivity index (χ4v) is 1.59. The number of halogens is 1. The van der Waals surface area contributed by atoms with Gasteiger partial charge in [0.05, 0.1) is 6.54 Å². The van der Waals surface area contributed by atoms with Gasteiger partial charge in [0.25, 0.3) is 5.78 Å². The number of aromatic nitrogens is 4. The summed E-state index contributed by atoms with van der Waals surface area (Å²) in [5.74, 6) is 0.881. The quantitative estimate of drug-likeness (QED) is 0.781. The summed E-state index contributed by atoms with van der Waals surface area (Å²) in [6.07, 6.45) is 2.28. The molecule has 0 atom stereocenters. The average Bonchev–Trinajstić information content (AvgIpc) is 2.81. The average molecular weight is 269 g/mol. The van der Waals surface area contributed by atoms with E-state index in [1.165, 1.54) is 10.8 Å².